The highest BCUT2D eigenvalue weighted by atomic mass is 32.2. The zero-order valence-corrected chi connectivity index (χ0v) is 19.9. The number of benzene rings is 2. The first kappa shape index (κ1) is 23.2. The third-order valence-electron chi connectivity index (χ3n) is 4.43. The summed E-state index contributed by atoms with van der Waals surface area (Å²) in [6.07, 6.45) is 1.41. The molecule has 0 bridgehead atoms. The number of hydrogen-bond donors (Lipinski definition) is 1. The molecule has 7 nitrogen and oxygen atoms in total. The first-order chi connectivity index (χ1) is 14.8. The van der Waals surface area contributed by atoms with E-state index in [0.717, 1.165) is 21.9 Å². The molecule has 0 saturated carbocycles. The normalized spacial score (nSPS) is 12.4. The highest BCUT2D eigenvalue weighted by Crippen LogP contribution is 2.29. The average Bonchev–Trinajstić information content (AvgIpc) is 3.17. The van der Waals surface area contributed by atoms with Crippen LogP contribution in [0.1, 0.15) is 24.5 Å². The number of nitrogens with zero attached hydrogens (tertiary/aromatic N) is 3. The third kappa shape index (κ3) is 6.28. The molecular weight excluding hydrogens is 452 g/mol. The largest absolute Gasteiger partial charge is 0.299 e. The standard InChI is InChI=1S/C21H24N4O3S3/c1-4-18(25(31(3,27)28)17-12-8-9-15(2)13-17)19(26)22-20-23-24-21(30-20)29-14-16-10-6-5-7-11-16/h5-13,18H,4,14H2,1-3H3,(H,22,23,26)/t18-/m0/s1. The fraction of sp³-hybridized carbons (Fsp3) is 0.286. The number of anilines is 2. The van der Waals surface area contributed by atoms with Crippen molar-refractivity contribution in [1.29, 1.82) is 0 Å². The van der Waals surface area contributed by atoms with Gasteiger partial charge in [-0.15, -0.1) is 10.2 Å². The molecule has 1 atom stereocenters. The first-order valence-corrected chi connectivity index (χ1v) is 13.3. The maximum absolute atomic E-state index is 13.0. The van der Waals surface area contributed by atoms with Gasteiger partial charge >= 0.3 is 0 Å². The number of sulfonamides is 1. The Labute approximate surface area is 191 Å². The molecule has 0 aliphatic carbocycles. The first-order valence-electron chi connectivity index (χ1n) is 9.65. The number of thioether (sulfide) groups is 1. The SMILES string of the molecule is CC[C@@H](C(=O)Nc1nnc(SCc2ccccc2)s1)N(c1cccc(C)c1)S(C)(=O)=O. The quantitative estimate of drug-likeness (QED) is 0.365. The van der Waals surface area contributed by atoms with Gasteiger partial charge < -0.3 is 0 Å². The Bertz CT molecular complexity index is 1130. The van der Waals surface area contributed by atoms with Gasteiger partial charge in [0.2, 0.25) is 21.1 Å². The van der Waals surface area contributed by atoms with Gasteiger partial charge in [0, 0.05) is 5.75 Å². The van der Waals surface area contributed by atoms with Crippen LogP contribution in [0, 0.1) is 6.92 Å². The molecule has 3 aromatic rings. The molecule has 31 heavy (non-hydrogen) atoms. The fourth-order valence-electron chi connectivity index (χ4n) is 3.05. The summed E-state index contributed by atoms with van der Waals surface area (Å²) >= 11 is 2.80. The number of carbonyl (C=O) groups excluding carboxylic acids is 1. The minimum Gasteiger partial charge on any atom is -0.299 e. The van der Waals surface area contributed by atoms with E-state index in [0.29, 0.717) is 17.2 Å². The topological polar surface area (TPSA) is 92.3 Å². The molecule has 1 heterocycles. The number of nitrogens with one attached hydrogen (secondary N) is 1. The average molecular weight is 477 g/mol. The van der Waals surface area contributed by atoms with Crippen molar-refractivity contribution < 1.29 is 13.2 Å². The van der Waals surface area contributed by atoms with Gasteiger partial charge in [0.15, 0.2) is 4.34 Å². The van der Waals surface area contributed by atoms with E-state index < -0.39 is 22.0 Å². The summed E-state index contributed by atoms with van der Waals surface area (Å²) in [5.41, 5.74) is 2.53. The van der Waals surface area contributed by atoms with Crippen LogP contribution >= 0.6 is 23.1 Å². The van der Waals surface area contributed by atoms with E-state index >= 15 is 0 Å². The maximum atomic E-state index is 13.0. The number of rotatable bonds is 9. The van der Waals surface area contributed by atoms with Crippen molar-refractivity contribution in [3.05, 3.63) is 65.7 Å². The monoisotopic (exact) mass is 476 g/mol. The molecular formula is C21H24N4O3S3. The van der Waals surface area contributed by atoms with Crippen LogP contribution in [0.4, 0.5) is 10.8 Å². The van der Waals surface area contributed by atoms with Gasteiger partial charge in [-0.1, -0.05) is 72.5 Å². The Hall–Kier alpha value is -2.43. The molecule has 0 aliphatic rings. The summed E-state index contributed by atoms with van der Waals surface area (Å²) in [6, 6.07) is 16.2. The molecule has 2 aromatic carbocycles. The van der Waals surface area contributed by atoms with Crippen LogP contribution < -0.4 is 9.62 Å². The van der Waals surface area contributed by atoms with Crippen LogP contribution in [0.5, 0.6) is 0 Å². The van der Waals surface area contributed by atoms with E-state index in [2.05, 4.69) is 15.5 Å². The van der Waals surface area contributed by atoms with E-state index in [1.165, 1.54) is 33.0 Å². The van der Waals surface area contributed by atoms with E-state index in [-0.39, 0.29) is 0 Å². The Morgan fingerprint density at radius 3 is 2.55 bits per heavy atom. The van der Waals surface area contributed by atoms with Crippen molar-refractivity contribution in [2.24, 2.45) is 0 Å². The second-order valence-electron chi connectivity index (χ2n) is 6.96. The number of hydrogen-bond acceptors (Lipinski definition) is 7. The summed E-state index contributed by atoms with van der Waals surface area (Å²) in [5, 5.41) is 11.2. The van der Waals surface area contributed by atoms with E-state index in [9.17, 15) is 13.2 Å². The zero-order chi connectivity index (χ0) is 22.4. The fourth-order valence-corrected chi connectivity index (χ4v) is 5.97. The predicted molar refractivity (Wildman–Crippen MR) is 127 cm³/mol. The molecule has 0 unspecified atom stereocenters. The van der Waals surface area contributed by atoms with Crippen molar-refractivity contribution in [2.75, 3.05) is 15.9 Å². The van der Waals surface area contributed by atoms with Gasteiger partial charge in [-0.2, -0.15) is 0 Å². The Balaban J connectivity index is 1.73. The molecule has 0 radical (unpaired) electrons. The zero-order valence-electron chi connectivity index (χ0n) is 17.5. The van der Waals surface area contributed by atoms with E-state index in [1.54, 1.807) is 25.1 Å². The Kier molecular flexibility index (Phi) is 7.69. The Morgan fingerprint density at radius 1 is 1.16 bits per heavy atom. The molecule has 0 aliphatic heterocycles. The molecule has 3 rings (SSSR count). The summed E-state index contributed by atoms with van der Waals surface area (Å²) in [4.78, 5) is 13.0. The van der Waals surface area contributed by atoms with Crippen LogP contribution in [0.2, 0.25) is 0 Å². The van der Waals surface area contributed by atoms with Crippen LogP contribution in [-0.2, 0) is 20.6 Å². The van der Waals surface area contributed by atoms with Gasteiger partial charge in [0.25, 0.3) is 0 Å². The molecule has 164 valence electrons. The van der Waals surface area contributed by atoms with Gasteiger partial charge in [0.1, 0.15) is 6.04 Å². The van der Waals surface area contributed by atoms with Crippen LogP contribution in [-0.4, -0.2) is 36.8 Å². The highest BCUT2D eigenvalue weighted by molar-refractivity contribution is 8.00. The molecule has 1 N–H and O–H groups in total. The second kappa shape index (κ2) is 10.3. The Morgan fingerprint density at radius 2 is 1.90 bits per heavy atom. The summed E-state index contributed by atoms with van der Waals surface area (Å²) in [6.45, 7) is 3.65. The van der Waals surface area contributed by atoms with E-state index in [4.69, 9.17) is 0 Å². The van der Waals surface area contributed by atoms with Crippen LogP contribution in [0.15, 0.2) is 58.9 Å². The highest BCUT2D eigenvalue weighted by Gasteiger charge is 2.32. The predicted octanol–water partition coefficient (Wildman–Crippen LogP) is 4.32. The van der Waals surface area contributed by atoms with Crippen molar-refractivity contribution in [3.8, 4) is 0 Å². The van der Waals surface area contributed by atoms with Crippen LogP contribution in [0.3, 0.4) is 0 Å². The summed E-state index contributed by atoms with van der Waals surface area (Å²) in [5.74, 6) is 0.307. The molecule has 0 saturated heterocycles. The summed E-state index contributed by atoms with van der Waals surface area (Å²) < 4.78 is 27.0. The second-order valence-corrected chi connectivity index (χ2v) is 11.0. The van der Waals surface area contributed by atoms with Crippen molar-refractivity contribution in [2.45, 2.75) is 36.4 Å². The molecule has 10 heteroatoms. The molecule has 0 fully saturated rings. The summed E-state index contributed by atoms with van der Waals surface area (Å²) in [7, 11) is -3.68. The van der Waals surface area contributed by atoms with Gasteiger partial charge in [-0.3, -0.25) is 14.4 Å². The molecule has 1 amide bonds. The van der Waals surface area contributed by atoms with Gasteiger partial charge in [-0.25, -0.2) is 8.42 Å². The minimum absolute atomic E-state index is 0.307. The van der Waals surface area contributed by atoms with E-state index in [1.807, 2.05) is 43.3 Å². The van der Waals surface area contributed by atoms with Gasteiger partial charge in [-0.05, 0) is 36.6 Å². The molecule has 0 spiro atoms. The lowest BCUT2D eigenvalue weighted by molar-refractivity contribution is -0.117. The third-order valence-corrected chi connectivity index (χ3v) is 7.65. The lowest BCUT2D eigenvalue weighted by atomic mass is 10.1. The number of aromatic nitrogens is 2. The van der Waals surface area contributed by atoms with Crippen LogP contribution in [0.25, 0.3) is 0 Å². The number of carbonyl (C=O) groups is 1. The smallest absolute Gasteiger partial charge is 0.250 e. The van der Waals surface area contributed by atoms with Gasteiger partial charge in [0.05, 0.1) is 11.9 Å². The lowest BCUT2D eigenvalue weighted by Crippen LogP contribution is -2.47. The lowest BCUT2D eigenvalue weighted by Gasteiger charge is -2.30. The minimum atomic E-state index is -3.68. The van der Waals surface area contributed by atoms with Crippen molar-refractivity contribution in [1.82, 2.24) is 10.2 Å². The van der Waals surface area contributed by atoms with Crippen molar-refractivity contribution >= 4 is 49.8 Å². The van der Waals surface area contributed by atoms with Crippen molar-refractivity contribution in [3.63, 3.8) is 0 Å². The number of amides is 1. The molecule has 1 aromatic heterocycles. The maximum Gasteiger partial charge on any atom is 0.250 e. The number of aryl methyl sites for hydroxylation is 1.